The van der Waals surface area contributed by atoms with Gasteiger partial charge in [-0.2, -0.15) is 8.42 Å². The standard InChI is InChI=1S/C14H16O3S.Na.H/c1-11(2)10-17-18(15,16)14-9-5-7-12-6-3-4-8-13(12)14;;/h3-9,11H,10H2,1-2H3;;. The van der Waals surface area contributed by atoms with Crippen LogP contribution in [0.5, 0.6) is 0 Å². The molecule has 2 rings (SSSR count). The first-order valence-corrected chi connectivity index (χ1v) is 7.29. The minimum absolute atomic E-state index is 0. The second-order valence-electron chi connectivity index (χ2n) is 4.61. The Kier molecular flexibility index (Phi) is 6.02. The first-order valence-electron chi connectivity index (χ1n) is 5.88. The van der Waals surface area contributed by atoms with Gasteiger partial charge in [-0.3, -0.25) is 4.18 Å². The van der Waals surface area contributed by atoms with Gasteiger partial charge in [0.2, 0.25) is 0 Å². The molecule has 0 unspecified atom stereocenters. The Labute approximate surface area is 136 Å². The average Bonchev–Trinajstić information content (AvgIpc) is 2.36. The Hall–Kier alpha value is -0.390. The maximum absolute atomic E-state index is 12.1. The summed E-state index contributed by atoms with van der Waals surface area (Å²) >= 11 is 0. The number of rotatable bonds is 4. The molecule has 0 heterocycles. The molecule has 0 saturated heterocycles. The summed E-state index contributed by atoms with van der Waals surface area (Å²) in [5, 5.41) is 1.59. The van der Waals surface area contributed by atoms with Crippen molar-refractivity contribution in [3.05, 3.63) is 42.5 Å². The van der Waals surface area contributed by atoms with E-state index < -0.39 is 10.1 Å². The third kappa shape index (κ3) is 4.04. The van der Waals surface area contributed by atoms with Crippen LogP contribution in [0.4, 0.5) is 0 Å². The van der Waals surface area contributed by atoms with Gasteiger partial charge >= 0.3 is 29.6 Å². The van der Waals surface area contributed by atoms with E-state index in [2.05, 4.69) is 0 Å². The molecule has 0 radical (unpaired) electrons. The van der Waals surface area contributed by atoms with Crippen molar-refractivity contribution in [3.8, 4) is 0 Å². The maximum atomic E-state index is 12.1. The number of hydrogen-bond acceptors (Lipinski definition) is 3. The quantitative estimate of drug-likeness (QED) is 0.641. The molecule has 0 aliphatic rings. The predicted octanol–water partition coefficient (Wildman–Crippen LogP) is 2.55. The number of hydrogen-bond donors (Lipinski definition) is 0. The summed E-state index contributed by atoms with van der Waals surface area (Å²) in [6.45, 7) is 4.03. The zero-order valence-electron chi connectivity index (χ0n) is 10.5. The SMILES string of the molecule is CC(C)COS(=O)(=O)c1cccc2ccccc12.[NaH]. The summed E-state index contributed by atoms with van der Waals surface area (Å²) < 4.78 is 29.3. The Balaban J connectivity index is 0.00000180. The molecule has 2 aromatic carbocycles. The summed E-state index contributed by atoms with van der Waals surface area (Å²) in [4.78, 5) is 0.237. The Morgan fingerprint density at radius 1 is 1.05 bits per heavy atom. The molecule has 0 saturated carbocycles. The fraction of sp³-hybridized carbons (Fsp3) is 0.286. The van der Waals surface area contributed by atoms with E-state index in [4.69, 9.17) is 4.18 Å². The summed E-state index contributed by atoms with van der Waals surface area (Å²) in [5.41, 5.74) is 0. The third-order valence-corrected chi connectivity index (χ3v) is 3.92. The molecule has 0 atom stereocenters. The van der Waals surface area contributed by atoms with Crippen LogP contribution in [0.15, 0.2) is 47.4 Å². The van der Waals surface area contributed by atoms with Crippen molar-refractivity contribution in [1.82, 2.24) is 0 Å². The Morgan fingerprint density at radius 3 is 2.37 bits per heavy atom. The fourth-order valence-corrected chi connectivity index (χ4v) is 2.98. The van der Waals surface area contributed by atoms with Crippen LogP contribution in [0.25, 0.3) is 10.8 Å². The van der Waals surface area contributed by atoms with E-state index in [1.54, 1.807) is 18.2 Å². The van der Waals surface area contributed by atoms with Crippen LogP contribution in [-0.4, -0.2) is 44.6 Å². The van der Waals surface area contributed by atoms with E-state index in [9.17, 15) is 8.42 Å². The molecular weight excluding hydrogens is 271 g/mol. The van der Waals surface area contributed by atoms with Crippen LogP contribution in [0.1, 0.15) is 13.8 Å². The van der Waals surface area contributed by atoms with Crippen LogP contribution >= 0.6 is 0 Å². The van der Waals surface area contributed by atoms with Crippen LogP contribution in [0.2, 0.25) is 0 Å². The minimum atomic E-state index is -3.68. The second kappa shape index (κ2) is 6.86. The van der Waals surface area contributed by atoms with E-state index in [-0.39, 0.29) is 47.0 Å². The van der Waals surface area contributed by atoms with E-state index >= 15 is 0 Å². The molecule has 3 nitrogen and oxygen atoms in total. The average molecular weight is 288 g/mol. The zero-order valence-corrected chi connectivity index (χ0v) is 11.3. The van der Waals surface area contributed by atoms with Crippen LogP contribution in [0, 0.1) is 5.92 Å². The summed E-state index contributed by atoms with van der Waals surface area (Å²) in [6.07, 6.45) is 0. The third-order valence-electron chi connectivity index (χ3n) is 2.58. The van der Waals surface area contributed by atoms with Crippen LogP contribution in [-0.2, 0) is 14.3 Å². The summed E-state index contributed by atoms with van der Waals surface area (Å²) in [7, 11) is -3.68. The molecule has 98 valence electrons. The van der Waals surface area contributed by atoms with E-state index in [0.29, 0.717) is 5.39 Å². The number of fused-ring (bicyclic) bond motifs is 1. The zero-order chi connectivity index (χ0) is 13.2. The van der Waals surface area contributed by atoms with Crippen molar-refractivity contribution >= 4 is 50.4 Å². The van der Waals surface area contributed by atoms with Gasteiger partial charge in [-0.05, 0) is 17.4 Å². The first-order chi connectivity index (χ1) is 8.50. The van der Waals surface area contributed by atoms with Gasteiger partial charge in [-0.25, -0.2) is 0 Å². The van der Waals surface area contributed by atoms with Crippen molar-refractivity contribution in [2.45, 2.75) is 18.7 Å². The first kappa shape index (κ1) is 16.7. The van der Waals surface area contributed by atoms with Gasteiger partial charge < -0.3 is 0 Å². The topological polar surface area (TPSA) is 43.4 Å². The van der Waals surface area contributed by atoms with Gasteiger partial charge in [0.1, 0.15) is 4.90 Å². The Morgan fingerprint density at radius 2 is 1.68 bits per heavy atom. The van der Waals surface area contributed by atoms with Gasteiger partial charge in [-0.1, -0.05) is 50.2 Å². The van der Waals surface area contributed by atoms with Gasteiger partial charge in [0.05, 0.1) is 6.61 Å². The molecule has 2 aromatic rings. The van der Waals surface area contributed by atoms with Gasteiger partial charge in [0.25, 0.3) is 10.1 Å². The predicted molar refractivity (Wildman–Crippen MR) is 79.1 cm³/mol. The Bertz CT molecular complexity index is 645. The molecule has 19 heavy (non-hydrogen) atoms. The van der Waals surface area contributed by atoms with E-state index in [1.807, 2.05) is 38.1 Å². The van der Waals surface area contributed by atoms with Gasteiger partial charge in [0.15, 0.2) is 0 Å². The molecule has 0 amide bonds. The fourth-order valence-electron chi connectivity index (χ4n) is 1.70. The molecule has 0 aliphatic heterocycles. The van der Waals surface area contributed by atoms with Crippen molar-refractivity contribution < 1.29 is 12.6 Å². The molecule has 5 heteroatoms. The van der Waals surface area contributed by atoms with Crippen molar-refractivity contribution in [2.24, 2.45) is 5.92 Å². The molecule has 0 bridgehead atoms. The van der Waals surface area contributed by atoms with Crippen LogP contribution in [0.3, 0.4) is 0 Å². The van der Waals surface area contributed by atoms with E-state index in [0.717, 1.165) is 5.39 Å². The second-order valence-corrected chi connectivity index (χ2v) is 6.19. The molecule has 0 aliphatic carbocycles. The van der Waals surface area contributed by atoms with Crippen LogP contribution < -0.4 is 0 Å². The van der Waals surface area contributed by atoms with Gasteiger partial charge in [0, 0.05) is 5.39 Å². The molecule has 0 spiro atoms. The molecule has 0 aromatic heterocycles. The monoisotopic (exact) mass is 288 g/mol. The van der Waals surface area contributed by atoms with E-state index in [1.165, 1.54) is 0 Å². The van der Waals surface area contributed by atoms with Crippen molar-refractivity contribution in [2.75, 3.05) is 6.61 Å². The number of benzene rings is 2. The normalized spacial score (nSPS) is 11.5. The van der Waals surface area contributed by atoms with Crippen molar-refractivity contribution in [3.63, 3.8) is 0 Å². The summed E-state index contributed by atoms with van der Waals surface area (Å²) in [6, 6.07) is 12.6. The summed E-state index contributed by atoms with van der Waals surface area (Å²) in [5.74, 6) is 0.176. The molecular formula is C14H17NaO3S. The molecule has 0 fully saturated rings. The van der Waals surface area contributed by atoms with Crippen molar-refractivity contribution in [1.29, 1.82) is 0 Å². The van der Waals surface area contributed by atoms with Gasteiger partial charge in [-0.15, -0.1) is 0 Å². The molecule has 0 N–H and O–H groups in total.